The minimum atomic E-state index is 0.0919. The Bertz CT molecular complexity index is 568. The van der Waals surface area contributed by atoms with E-state index in [0.717, 1.165) is 23.6 Å². The molecule has 16 heavy (non-hydrogen) atoms. The molecule has 0 aliphatic heterocycles. The summed E-state index contributed by atoms with van der Waals surface area (Å²) in [5.74, 6) is 0.335. The van der Waals surface area contributed by atoms with Gasteiger partial charge in [0.2, 0.25) is 0 Å². The topological polar surface area (TPSA) is 37.3 Å². The molecule has 0 bridgehead atoms. The molecule has 1 aliphatic rings. The molecular weight excluding hydrogens is 200 g/mol. The molecule has 0 atom stereocenters. The van der Waals surface area contributed by atoms with Crippen LogP contribution >= 0.6 is 0 Å². The maximum atomic E-state index is 12.1. The van der Waals surface area contributed by atoms with Crippen LogP contribution in [-0.2, 0) is 0 Å². The fraction of sp³-hybridized carbons (Fsp3) is 0.214. The number of fused-ring (bicyclic) bond motifs is 1. The van der Waals surface area contributed by atoms with E-state index in [4.69, 9.17) is 0 Å². The number of carbonyl (C=O) groups excluding carboxylic acids is 1. The zero-order chi connectivity index (χ0) is 11.1. The highest BCUT2D eigenvalue weighted by atomic mass is 16.3. The van der Waals surface area contributed by atoms with Crippen LogP contribution in [0.4, 0.5) is 0 Å². The van der Waals surface area contributed by atoms with Crippen LogP contribution in [0.15, 0.2) is 36.4 Å². The first-order valence-corrected chi connectivity index (χ1v) is 5.52. The van der Waals surface area contributed by atoms with E-state index in [2.05, 4.69) is 0 Å². The van der Waals surface area contributed by atoms with Crippen molar-refractivity contribution in [1.29, 1.82) is 0 Å². The molecule has 0 unspecified atom stereocenters. The van der Waals surface area contributed by atoms with Gasteiger partial charge in [0, 0.05) is 5.92 Å². The molecule has 2 heteroatoms. The first-order valence-electron chi connectivity index (χ1n) is 5.52. The van der Waals surface area contributed by atoms with E-state index in [1.165, 1.54) is 0 Å². The van der Waals surface area contributed by atoms with Gasteiger partial charge in [0.15, 0.2) is 5.78 Å². The van der Waals surface area contributed by atoms with Gasteiger partial charge in [-0.1, -0.05) is 30.3 Å². The lowest BCUT2D eigenvalue weighted by atomic mass is 9.98. The van der Waals surface area contributed by atoms with Gasteiger partial charge in [-0.05, 0) is 29.7 Å². The lowest BCUT2D eigenvalue weighted by molar-refractivity contribution is 0.0967. The van der Waals surface area contributed by atoms with Gasteiger partial charge in [0.25, 0.3) is 0 Å². The van der Waals surface area contributed by atoms with Crippen LogP contribution in [0.5, 0.6) is 5.75 Å². The lowest BCUT2D eigenvalue weighted by Gasteiger charge is -2.07. The molecule has 2 nitrogen and oxygen atoms in total. The molecule has 1 fully saturated rings. The summed E-state index contributed by atoms with van der Waals surface area (Å²) in [6.45, 7) is 0. The van der Waals surface area contributed by atoms with Gasteiger partial charge < -0.3 is 5.11 Å². The molecule has 0 heterocycles. The molecule has 2 aromatic carbocycles. The first kappa shape index (κ1) is 9.40. The summed E-state index contributed by atoms with van der Waals surface area (Å²) in [5, 5.41) is 11.7. The minimum Gasteiger partial charge on any atom is -0.507 e. The lowest BCUT2D eigenvalue weighted by Crippen LogP contribution is -2.02. The number of phenolic OH excluding ortho intramolecular Hbond substituents is 1. The van der Waals surface area contributed by atoms with E-state index in [1.807, 2.05) is 30.3 Å². The molecule has 2 aromatic rings. The minimum absolute atomic E-state index is 0.0919. The highest BCUT2D eigenvalue weighted by molar-refractivity contribution is 6.12. The fourth-order valence-electron chi connectivity index (χ4n) is 2.07. The SMILES string of the molecule is O=C(c1c(O)ccc2ccccc12)C1CC1. The van der Waals surface area contributed by atoms with E-state index in [1.54, 1.807) is 6.07 Å². The number of aromatic hydroxyl groups is 1. The number of rotatable bonds is 2. The average Bonchev–Trinajstić information content (AvgIpc) is 3.12. The second-order valence-corrected chi connectivity index (χ2v) is 4.32. The maximum Gasteiger partial charge on any atom is 0.170 e. The van der Waals surface area contributed by atoms with Crippen LogP contribution in [0.25, 0.3) is 10.8 Å². The van der Waals surface area contributed by atoms with Crippen LogP contribution in [0, 0.1) is 5.92 Å². The molecule has 1 saturated carbocycles. The van der Waals surface area contributed by atoms with Crippen molar-refractivity contribution < 1.29 is 9.90 Å². The molecule has 1 N–H and O–H groups in total. The highest BCUT2D eigenvalue weighted by Crippen LogP contribution is 2.37. The standard InChI is InChI=1S/C14H12O2/c15-12-8-7-9-3-1-2-4-11(9)13(12)14(16)10-5-6-10/h1-4,7-8,10,15H,5-6H2. The summed E-state index contributed by atoms with van der Waals surface area (Å²) in [5.41, 5.74) is 0.501. The van der Waals surface area contributed by atoms with Crippen LogP contribution in [0.1, 0.15) is 23.2 Å². The molecule has 0 radical (unpaired) electrons. The number of hydrogen-bond donors (Lipinski definition) is 1. The quantitative estimate of drug-likeness (QED) is 0.776. The Morgan fingerprint density at radius 1 is 1.12 bits per heavy atom. The van der Waals surface area contributed by atoms with Gasteiger partial charge in [0.05, 0.1) is 5.56 Å². The Labute approximate surface area is 93.5 Å². The van der Waals surface area contributed by atoms with Crippen LogP contribution < -0.4 is 0 Å². The first-order chi connectivity index (χ1) is 7.77. The summed E-state index contributed by atoms with van der Waals surface area (Å²) >= 11 is 0. The number of Topliss-reactive ketones (excluding diaryl/α,β-unsaturated/α-hetero) is 1. The average molecular weight is 212 g/mol. The predicted molar refractivity (Wildman–Crippen MR) is 62.7 cm³/mol. The Hall–Kier alpha value is -1.83. The van der Waals surface area contributed by atoms with E-state index >= 15 is 0 Å². The van der Waals surface area contributed by atoms with Crippen molar-refractivity contribution in [2.45, 2.75) is 12.8 Å². The van der Waals surface area contributed by atoms with Gasteiger partial charge >= 0.3 is 0 Å². The third kappa shape index (κ3) is 1.38. The molecule has 1 aliphatic carbocycles. The second-order valence-electron chi connectivity index (χ2n) is 4.32. The summed E-state index contributed by atoms with van der Waals surface area (Å²) in [7, 11) is 0. The van der Waals surface area contributed by atoms with Crippen LogP contribution in [-0.4, -0.2) is 10.9 Å². The Balaban J connectivity index is 2.27. The van der Waals surface area contributed by atoms with Crippen molar-refractivity contribution in [2.75, 3.05) is 0 Å². The zero-order valence-electron chi connectivity index (χ0n) is 8.81. The van der Waals surface area contributed by atoms with E-state index in [-0.39, 0.29) is 17.5 Å². The Kier molecular flexibility index (Phi) is 1.96. The highest BCUT2D eigenvalue weighted by Gasteiger charge is 2.32. The van der Waals surface area contributed by atoms with E-state index < -0.39 is 0 Å². The summed E-state index contributed by atoms with van der Waals surface area (Å²) in [6.07, 6.45) is 1.92. The molecule has 0 amide bonds. The zero-order valence-corrected chi connectivity index (χ0v) is 8.81. The van der Waals surface area contributed by atoms with Crippen molar-refractivity contribution in [3.8, 4) is 5.75 Å². The largest absolute Gasteiger partial charge is 0.507 e. The van der Waals surface area contributed by atoms with Crippen LogP contribution in [0.3, 0.4) is 0 Å². The molecule has 80 valence electrons. The van der Waals surface area contributed by atoms with Crippen LogP contribution in [0.2, 0.25) is 0 Å². The summed E-state index contributed by atoms with van der Waals surface area (Å²) in [4.78, 5) is 12.1. The van der Waals surface area contributed by atoms with Crippen molar-refractivity contribution in [2.24, 2.45) is 5.92 Å². The monoisotopic (exact) mass is 212 g/mol. The molecule has 0 aromatic heterocycles. The van der Waals surface area contributed by atoms with Gasteiger partial charge in [0.1, 0.15) is 5.75 Å². The molecular formula is C14H12O2. The van der Waals surface area contributed by atoms with Gasteiger partial charge in [-0.3, -0.25) is 4.79 Å². The molecule has 0 saturated heterocycles. The Morgan fingerprint density at radius 3 is 2.62 bits per heavy atom. The normalized spacial score (nSPS) is 15.2. The third-order valence-electron chi connectivity index (χ3n) is 3.10. The summed E-state index contributed by atoms with van der Waals surface area (Å²) < 4.78 is 0. The molecule has 3 rings (SSSR count). The molecule has 0 spiro atoms. The van der Waals surface area contributed by atoms with Crippen molar-refractivity contribution in [1.82, 2.24) is 0 Å². The second kappa shape index (κ2) is 3.34. The Morgan fingerprint density at radius 2 is 1.88 bits per heavy atom. The third-order valence-corrected chi connectivity index (χ3v) is 3.10. The number of hydrogen-bond acceptors (Lipinski definition) is 2. The smallest absolute Gasteiger partial charge is 0.170 e. The van der Waals surface area contributed by atoms with Gasteiger partial charge in [-0.25, -0.2) is 0 Å². The van der Waals surface area contributed by atoms with Crippen molar-refractivity contribution in [3.63, 3.8) is 0 Å². The number of phenols is 1. The number of ketones is 1. The predicted octanol–water partition coefficient (Wildman–Crippen LogP) is 3.14. The van der Waals surface area contributed by atoms with Crippen molar-refractivity contribution in [3.05, 3.63) is 42.0 Å². The maximum absolute atomic E-state index is 12.1. The van der Waals surface area contributed by atoms with E-state index in [9.17, 15) is 9.90 Å². The van der Waals surface area contributed by atoms with E-state index in [0.29, 0.717) is 5.56 Å². The van der Waals surface area contributed by atoms with Gasteiger partial charge in [-0.15, -0.1) is 0 Å². The summed E-state index contributed by atoms with van der Waals surface area (Å²) in [6, 6.07) is 11.1. The van der Waals surface area contributed by atoms with Gasteiger partial charge in [-0.2, -0.15) is 0 Å². The number of benzene rings is 2. The fourth-order valence-corrected chi connectivity index (χ4v) is 2.07. The van der Waals surface area contributed by atoms with Crippen molar-refractivity contribution >= 4 is 16.6 Å². The number of carbonyl (C=O) groups is 1.